The first-order valence-electron chi connectivity index (χ1n) is 7.42. The standard InChI is InChI=1S/C13H26N4O2S/c1-3-14-12(15-8-9-16-20(2,18)19)17-10-7-13(11-17)5-4-6-13/h16H,3-11H2,1-2H3,(H,14,15). The van der Waals surface area contributed by atoms with Crippen molar-refractivity contribution in [2.45, 2.75) is 32.6 Å². The normalized spacial score (nSPS) is 22.1. The van der Waals surface area contributed by atoms with Crippen molar-refractivity contribution in [2.24, 2.45) is 10.4 Å². The minimum absolute atomic E-state index is 0.354. The van der Waals surface area contributed by atoms with Crippen LogP contribution in [0.1, 0.15) is 32.6 Å². The topological polar surface area (TPSA) is 73.8 Å². The molecule has 0 radical (unpaired) electrons. The molecule has 2 rings (SSSR count). The second-order valence-electron chi connectivity index (χ2n) is 5.93. The van der Waals surface area contributed by atoms with Crippen LogP contribution in [0.4, 0.5) is 0 Å². The number of likely N-dealkylation sites (tertiary alicyclic amines) is 1. The van der Waals surface area contributed by atoms with Gasteiger partial charge in [0.15, 0.2) is 5.96 Å². The van der Waals surface area contributed by atoms with Crippen molar-refractivity contribution < 1.29 is 8.42 Å². The minimum Gasteiger partial charge on any atom is -0.357 e. The molecule has 0 aromatic heterocycles. The minimum atomic E-state index is -3.12. The van der Waals surface area contributed by atoms with Crippen LogP contribution in [-0.2, 0) is 10.0 Å². The molecule has 1 aliphatic carbocycles. The Morgan fingerprint density at radius 2 is 2.10 bits per heavy atom. The second-order valence-corrected chi connectivity index (χ2v) is 7.76. The molecule has 0 unspecified atom stereocenters. The molecular weight excluding hydrogens is 276 g/mol. The molecule has 0 aromatic rings. The lowest BCUT2D eigenvalue weighted by atomic mass is 9.68. The summed E-state index contributed by atoms with van der Waals surface area (Å²) in [5, 5.41) is 3.31. The van der Waals surface area contributed by atoms with Crippen molar-refractivity contribution in [3.63, 3.8) is 0 Å². The smallest absolute Gasteiger partial charge is 0.208 e. The number of guanidine groups is 1. The van der Waals surface area contributed by atoms with Crippen LogP contribution < -0.4 is 10.0 Å². The van der Waals surface area contributed by atoms with E-state index in [0.29, 0.717) is 18.5 Å². The van der Waals surface area contributed by atoms with Crippen LogP contribution >= 0.6 is 0 Å². The van der Waals surface area contributed by atoms with Gasteiger partial charge < -0.3 is 10.2 Å². The molecule has 6 nitrogen and oxygen atoms in total. The molecule has 2 N–H and O–H groups in total. The quantitative estimate of drug-likeness (QED) is 0.437. The largest absolute Gasteiger partial charge is 0.357 e. The number of hydrogen-bond acceptors (Lipinski definition) is 3. The molecule has 1 saturated heterocycles. The monoisotopic (exact) mass is 302 g/mol. The van der Waals surface area contributed by atoms with Crippen molar-refractivity contribution in [3.05, 3.63) is 0 Å². The first-order chi connectivity index (χ1) is 9.44. The fourth-order valence-corrected chi connectivity index (χ4v) is 3.48. The molecule has 116 valence electrons. The first-order valence-corrected chi connectivity index (χ1v) is 9.31. The molecule has 0 amide bonds. The fraction of sp³-hybridized carbons (Fsp3) is 0.923. The van der Waals surface area contributed by atoms with Gasteiger partial charge in [-0.3, -0.25) is 4.99 Å². The van der Waals surface area contributed by atoms with Crippen LogP contribution in [0.25, 0.3) is 0 Å². The molecule has 7 heteroatoms. The lowest BCUT2D eigenvalue weighted by molar-refractivity contribution is 0.151. The highest BCUT2D eigenvalue weighted by Crippen LogP contribution is 2.47. The van der Waals surface area contributed by atoms with Gasteiger partial charge in [0.2, 0.25) is 10.0 Å². The molecule has 2 aliphatic rings. The van der Waals surface area contributed by atoms with Crippen molar-refractivity contribution in [2.75, 3.05) is 39.0 Å². The van der Waals surface area contributed by atoms with Crippen LogP contribution in [0.5, 0.6) is 0 Å². The van der Waals surface area contributed by atoms with E-state index in [1.54, 1.807) is 0 Å². The Hall–Kier alpha value is -0.820. The molecular formula is C13H26N4O2S. The maximum absolute atomic E-state index is 11.0. The van der Waals surface area contributed by atoms with Crippen LogP contribution in [0.15, 0.2) is 4.99 Å². The summed E-state index contributed by atoms with van der Waals surface area (Å²) in [5.74, 6) is 0.923. The van der Waals surface area contributed by atoms with Gasteiger partial charge in [0.05, 0.1) is 12.8 Å². The maximum atomic E-state index is 11.0. The summed E-state index contributed by atoms with van der Waals surface area (Å²) in [5.41, 5.74) is 0.543. The average molecular weight is 302 g/mol. The predicted octanol–water partition coefficient (Wildman–Crippen LogP) is 0.377. The Kier molecular flexibility index (Phi) is 4.90. The lowest BCUT2D eigenvalue weighted by Crippen LogP contribution is -2.43. The van der Waals surface area contributed by atoms with Crippen LogP contribution in [0, 0.1) is 5.41 Å². The van der Waals surface area contributed by atoms with E-state index in [4.69, 9.17) is 0 Å². The molecule has 1 saturated carbocycles. The molecule has 0 aromatic carbocycles. The molecule has 0 atom stereocenters. The highest BCUT2D eigenvalue weighted by Gasteiger charge is 2.43. The van der Waals surface area contributed by atoms with Gasteiger partial charge in [-0.25, -0.2) is 13.1 Å². The van der Waals surface area contributed by atoms with E-state index in [1.807, 2.05) is 0 Å². The van der Waals surface area contributed by atoms with E-state index in [1.165, 1.54) is 31.9 Å². The molecule has 0 bridgehead atoms. The van der Waals surface area contributed by atoms with E-state index in [9.17, 15) is 8.42 Å². The SMILES string of the molecule is CCNC(=NCCNS(C)(=O)=O)N1CCC2(CCC2)C1. The van der Waals surface area contributed by atoms with E-state index < -0.39 is 10.0 Å². The zero-order valence-electron chi connectivity index (χ0n) is 12.5. The molecule has 20 heavy (non-hydrogen) atoms. The zero-order valence-corrected chi connectivity index (χ0v) is 13.3. The van der Waals surface area contributed by atoms with Crippen molar-refractivity contribution in [1.82, 2.24) is 14.9 Å². The van der Waals surface area contributed by atoms with E-state index >= 15 is 0 Å². The van der Waals surface area contributed by atoms with Crippen LogP contribution in [-0.4, -0.2) is 58.3 Å². The van der Waals surface area contributed by atoms with Crippen molar-refractivity contribution in [3.8, 4) is 0 Å². The Labute approximate surface area is 122 Å². The van der Waals surface area contributed by atoms with Crippen molar-refractivity contribution >= 4 is 16.0 Å². The average Bonchev–Trinajstić information content (AvgIpc) is 2.77. The Bertz CT molecular complexity index is 457. The highest BCUT2D eigenvalue weighted by molar-refractivity contribution is 7.88. The summed E-state index contributed by atoms with van der Waals surface area (Å²) >= 11 is 0. The van der Waals surface area contributed by atoms with Crippen LogP contribution in [0.2, 0.25) is 0 Å². The first kappa shape index (κ1) is 15.6. The summed E-state index contributed by atoms with van der Waals surface area (Å²) in [6.07, 6.45) is 6.48. The Morgan fingerprint density at radius 1 is 1.35 bits per heavy atom. The van der Waals surface area contributed by atoms with Gasteiger partial charge in [0.1, 0.15) is 0 Å². The number of hydrogen-bond donors (Lipinski definition) is 2. The number of aliphatic imine (C=N–C) groups is 1. The van der Waals surface area contributed by atoms with Gasteiger partial charge in [0.25, 0.3) is 0 Å². The third kappa shape index (κ3) is 4.09. The van der Waals surface area contributed by atoms with Gasteiger partial charge in [-0.1, -0.05) is 6.42 Å². The fourth-order valence-electron chi connectivity index (χ4n) is 3.02. The number of sulfonamides is 1. The van der Waals surface area contributed by atoms with E-state index in [2.05, 4.69) is 26.9 Å². The zero-order chi connectivity index (χ0) is 14.6. The molecule has 1 spiro atoms. The third-order valence-corrected chi connectivity index (χ3v) is 4.95. The summed E-state index contributed by atoms with van der Waals surface area (Å²) in [7, 11) is -3.12. The number of rotatable bonds is 5. The summed E-state index contributed by atoms with van der Waals surface area (Å²) in [4.78, 5) is 6.85. The molecule has 2 fully saturated rings. The van der Waals surface area contributed by atoms with Gasteiger partial charge in [-0.2, -0.15) is 0 Å². The Morgan fingerprint density at radius 3 is 2.60 bits per heavy atom. The number of nitrogens with one attached hydrogen (secondary N) is 2. The van der Waals surface area contributed by atoms with E-state index in [-0.39, 0.29) is 0 Å². The number of nitrogens with zero attached hydrogens (tertiary/aromatic N) is 2. The van der Waals surface area contributed by atoms with Gasteiger partial charge in [-0.15, -0.1) is 0 Å². The summed E-state index contributed by atoms with van der Waals surface area (Å²) in [6, 6.07) is 0. The highest BCUT2D eigenvalue weighted by atomic mass is 32.2. The Balaban J connectivity index is 1.86. The molecule has 1 heterocycles. The third-order valence-electron chi connectivity index (χ3n) is 4.22. The van der Waals surface area contributed by atoms with E-state index in [0.717, 1.165) is 25.6 Å². The maximum Gasteiger partial charge on any atom is 0.208 e. The second kappa shape index (κ2) is 6.30. The van der Waals surface area contributed by atoms with Gasteiger partial charge in [-0.05, 0) is 31.6 Å². The predicted molar refractivity (Wildman–Crippen MR) is 81.3 cm³/mol. The summed E-state index contributed by atoms with van der Waals surface area (Å²) in [6.45, 7) is 5.87. The lowest BCUT2D eigenvalue weighted by Gasteiger charge is -2.38. The van der Waals surface area contributed by atoms with Gasteiger partial charge >= 0.3 is 0 Å². The van der Waals surface area contributed by atoms with Crippen molar-refractivity contribution in [1.29, 1.82) is 0 Å². The summed E-state index contributed by atoms with van der Waals surface area (Å²) < 4.78 is 24.5. The van der Waals surface area contributed by atoms with Gasteiger partial charge in [0, 0.05) is 26.2 Å². The van der Waals surface area contributed by atoms with Crippen LogP contribution in [0.3, 0.4) is 0 Å². The molecule has 1 aliphatic heterocycles.